The minimum Gasteiger partial charge on any atom is -0.385 e. The van der Waals surface area contributed by atoms with Crippen molar-refractivity contribution in [2.24, 2.45) is 7.05 Å². The Balaban J connectivity index is 1.47. The molecule has 1 fully saturated rings. The Morgan fingerprint density at radius 1 is 1.23 bits per heavy atom. The number of fused-ring (bicyclic) bond motifs is 1. The first-order chi connectivity index (χ1) is 16.9. The minimum absolute atomic E-state index is 0.00529. The number of nitrogens with one attached hydrogen (secondary N) is 2. The molecule has 184 valence electrons. The maximum absolute atomic E-state index is 13.1. The molecule has 35 heavy (non-hydrogen) atoms. The first-order valence-electron chi connectivity index (χ1n) is 12.2. The molecule has 4 heterocycles. The molecule has 2 amide bonds. The van der Waals surface area contributed by atoms with Crippen molar-refractivity contribution in [1.82, 2.24) is 20.0 Å². The molecule has 3 aliphatic rings. The summed E-state index contributed by atoms with van der Waals surface area (Å²) in [5.41, 5.74) is 5.76. The van der Waals surface area contributed by atoms with Gasteiger partial charge in [0.15, 0.2) is 0 Å². The largest absolute Gasteiger partial charge is 0.385 e. The molecule has 3 aliphatic heterocycles. The van der Waals surface area contributed by atoms with Crippen LogP contribution in [0.2, 0.25) is 0 Å². The summed E-state index contributed by atoms with van der Waals surface area (Å²) in [7, 11) is 1.83. The van der Waals surface area contributed by atoms with E-state index in [9.17, 15) is 15.0 Å². The number of amides is 2. The normalized spacial score (nSPS) is 19.1. The maximum Gasteiger partial charge on any atom is 0.231 e. The molecule has 0 unspecified atom stereocenters. The first kappa shape index (κ1) is 23.3. The van der Waals surface area contributed by atoms with Gasteiger partial charge in [-0.05, 0) is 24.0 Å². The topological polar surface area (TPSA) is 104 Å². The molecule has 5 rings (SSSR count). The number of anilines is 1. The Morgan fingerprint density at radius 3 is 2.74 bits per heavy atom. The molecular formula is C26H32N6O3. The molecule has 0 bridgehead atoms. The number of carbonyl (C=O) groups is 2. The van der Waals surface area contributed by atoms with Crippen LogP contribution >= 0.6 is 0 Å². The quantitative estimate of drug-likeness (QED) is 0.644. The Morgan fingerprint density at radius 2 is 2.03 bits per heavy atom. The van der Waals surface area contributed by atoms with Gasteiger partial charge in [0.05, 0.1) is 30.6 Å². The third-order valence-corrected chi connectivity index (χ3v) is 7.19. The van der Waals surface area contributed by atoms with E-state index in [0.717, 1.165) is 59.7 Å². The fourth-order valence-corrected chi connectivity index (χ4v) is 5.19. The average molecular weight is 477 g/mol. The molecule has 2 N–H and O–H groups in total. The molecule has 1 saturated heterocycles. The summed E-state index contributed by atoms with van der Waals surface area (Å²) < 4.78 is 7.19. The van der Waals surface area contributed by atoms with Gasteiger partial charge in [-0.1, -0.05) is 18.2 Å². The van der Waals surface area contributed by atoms with Crippen LogP contribution in [0.15, 0.2) is 41.9 Å². The molecule has 0 atom stereocenters. The van der Waals surface area contributed by atoms with Crippen LogP contribution in [0, 0.1) is 5.41 Å². The second kappa shape index (κ2) is 9.65. The average Bonchev–Trinajstić information content (AvgIpc) is 3.29. The fraction of sp³-hybridized carbons (Fsp3) is 0.462. The van der Waals surface area contributed by atoms with Gasteiger partial charge in [0, 0.05) is 75.8 Å². The van der Waals surface area contributed by atoms with Crippen molar-refractivity contribution in [2.75, 3.05) is 31.2 Å². The maximum atomic E-state index is 13.1. The van der Waals surface area contributed by atoms with E-state index in [0.29, 0.717) is 37.8 Å². The first-order valence-corrected chi connectivity index (χ1v) is 12.2. The van der Waals surface area contributed by atoms with Crippen LogP contribution in [-0.4, -0.2) is 64.6 Å². The highest BCUT2D eigenvalue weighted by Gasteiger charge is 2.31. The molecule has 9 nitrogen and oxygen atoms in total. The highest BCUT2D eigenvalue weighted by atomic mass is 16.5. The molecule has 1 aromatic heterocycles. The smallest absolute Gasteiger partial charge is 0.231 e. The number of hydrogen-bond acceptors (Lipinski definition) is 6. The minimum atomic E-state index is -0.00529. The Bertz CT molecular complexity index is 1190. The number of nitrogens with zero attached hydrogens (tertiary/aromatic N) is 4. The second-order valence-electron chi connectivity index (χ2n) is 9.53. The summed E-state index contributed by atoms with van der Waals surface area (Å²) in [4.78, 5) is 28.8. The lowest BCUT2D eigenvalue weighted by Gasteiger charge is -2.35. The van der Waals surface area contributed by atoms with Crippen molar-refractivity contribution in [3.8, 4) is 0 Å². The molecule has 9 heteroatoms. The summed E-state index contributed by atoms with van der Waals surface area (Å²) in [5, 5.41) is 17.1. The zero-order valence-electron chi connectivity index (χ0n) is 20.3. The zero-order chi connectivity index (χ0) is 24.5. The van der Waals surface area contributed by atoms with Crippen LogP contribution in [-0.2, 0) is 34.3 Å². The van der Waals surface area contributed by atoms with Gasteiger partial charge < -0.3 is 19.9 Å². The van der Waals surface area contributed by atoms with E-state index < -0.39 is 0 Å². The van der Waals surface area contributed by atoms with Gasteiger partial charge in [-0.25, -0.2) is 0 Å². The van der Waals surface area contributed by atoms with Crippen LogP contribution in [0.3, 0.4) is 0 Å². The van der Waals surface area contributed by atoms with Gasteiger partial charge in [0.2, 0.25) is 11.8 Å². The highest BCUT2D eigenvalue weighted by Crippen LogP contribution is 2.30. The van der Waals surface area contributed by atoms with Crippen molar-refractivity contribution in [3.63, 3.8) is 0 Å². The summed E-state index contributed by atoms with van der Waals surface area (Å²) >= 11 is 0. The molecule has 0 spiro atoms. The van der Waals surface area contributed by atoms with Gasteiger partial charge in [0.1, 0.15) is 0 Å². The van der Waals surface area contributed by atoms with E-state index in [4.69, 9.17) is 4.74 Å². The van der Waals surface area contributed by atoms with Crippen molar-refractivity contribution < 1.29 is 14.3 Å². The fourth-order valence-electron chi connectivity index (χ4n) is 5.19. The number of carbonyl (C=O) groups excluding carboxylic acids is 2. The standard InChI is InChI=1S/C26H32N6O3/c1-17(33)31-9-6-24(29-19-7-10-35-11-8-19)23(16-31)26(27)21-5-3-4-18-14-32(25(34)12-22(18)21)20-13-28-30(2)15-20/h3-5,13,15,19,27,29H,6-12,14,16H2,1-2H3. The van der Waals surface area contributed by atoms with Crippen LogP contribution in [0.25, 0.3) is 0 Å². The van der Waals surface area contributed by atoms with Crippen LogP contribution in [0.5, 0.6) is 0 Å². The number of rotatable bonds is 5. The Labute approximate surface area is 205 Å². The third-order valence-electron chi connectivity index (χ3n) is 7.19. The molecular weight excluding hydrogens is 444 g/mol. The van der Waals surface area contributed by atoms with E-state index in [1.165, 1.54) is 0 Å². The predicted octanol–water partition coefficient (Wildman–Crippen LogP) is 2.15. The lowest BCUT2D eigenvalue weighted by molar-refractivity contribution is -0.128. The Kier molecular flexibility index (Phi) is 6.42. The van der Waals surface area contributed by atoms with E-state index in [1.807, 2.05) is 31.4 Å². The zero-order valence-corrected chi connectivity index (χ0v) is 20.3. The summed E-state index contributed by atoms with van der Waals surface area (Å²) in [6, 6.07) is 6.22. The predicted molar refractivity (Wildman–Crippen MR) is 132 cm³/mol. The second-order valence-corrected chi connectivity index (χ2v) is 9.53. The van der Waals surface area contributed by atoms with Crippen LogP contribution in [0.4, 0.5) is 5.69 Å². The van der Waals surface area contributed by atoms with E-state index in [1.54, 1.807) is 27.6 Å². The SMILES string of the molecule is CC(=O)N1CCC(NC2CCOCC2)=C(C(=N)c2cccc3c2CC(=O)N(c2cnn(C)c2)C3)C1. The third kappa shape index (κ3) is 4.73. The van der Waals surface area contributed by atoms with E-state index in [-0.39, 0.29) is 18.2 Å². The van der Waals surface area contributed by atoms with E-state index in [2.05, 4.69) is 10.4 Å². The lowest BCUT2D eigenvalue weighted by atomic mass is 9.87. The number of ether oxygens (including phenoxy) is 1. The van der Waals surface area contributed by atoms with E-state index >= 15 is 0 Å². The number of hydrogen-bond donors (Lipinski definition) is 2. The van der Waals surface area contributed by atoms with Crippen molar-refractivity contribution in [3.05, 3.63) is 58.6 Å². The van der Waals surface area contributed by atoms with Gasteiger partial charge in [-0.2, -0.15) is 5.10 Å². The number of aromatic nitrogens is 2. The molecule has 0 aliphatic carbocycles. The van der Waals surface area contributed by atoms with Crippen LogP contribution < -0.4 is 10.2 Å². The number of aryl methyl sites for hydroxylation is 1. The van der Waals surface area contributed by atoms with Crippen molar-refractivity contribution in [1.29, 1.82) is 5.41 Å². The molecule has 0 saturated carbocycles. The monoisotopic (exact) mass is 476 g/mol. The van der Waals surface area contributed by atoms with Gasteiger partial charge in [-0.15, -0.1) is 0 Å². The molecule has 0 radical (unpaired) electrons. The van der Waals surface area contributed by atoms with Gasteiger partial charge in [0.25, 0.3) is 0 Å². The van der Waals surface area contributed by atoms with Gasteiger partial charge >= 0.3 is 0 Å². The summed E-state index contributed by atoms with van der Waals surface area (Å²) in [5.74, 6) is 0.00656. The Hall–Kier alpha value is -3.46. The number of benzene rings is 1. The molecule has 2 aromatic rings. The highest BCUT2D eigenvalue weighted by molar-refractivity contribution is 6.13. The lowest BCUT2D eigenvalue weighted by Crippen LogP contribution is -2.43. The summed E-state index contributed by atoms with van der Waals surface area (Å²) in [6.07, 6.45) is 6.32. The van der Waals surface area contributed by atoms with Crippen LogP contribution in [0.1, 0.15) is 42.9 Å². The summed E-state index contributed by atoms with van der Waals surface area (Å²) in [6.45, 7) is 4.54. The van der Waals surface area contributed by atoms with Gasteiger partial charge in [-0.3, -0.25) is 19.7 Å². The molecule has 1 aromatic carbocycles. The van der Waals surface area contributed by atoms with Crippen molar-refractivity contribution >= 4 is 23.2 Å². The van der Waals surface area contributed by atoms with Crippen molar-refractivity contribution in [2.45, 2.75) is 45.2 Å².